The summed E-state index contributed by atoms with van der Waals surface area (Å²) < 4.78 is 0. The van der Waals surface area contributed by atoms with Crippen molar-refractivity contribution in [2.75, 3.05) is 13.6 Å². The van der Waals surface area contributed by atoms with Crippen LogP contribution in [0.25, 0.3) is 0 Å². The number of hydrogen-bond donors (Lipinski definition) is 0. The van der Waals surface area contributed by atoms with Crippen LogP contribution in [0.2, 0.25) is 0 Å². The fraction of sp³-hybridized carbons (Fsp3) is 1.00. The molecule has 0 aromatic heterocycles. The highest BCUT2D eigenvalue weighted by Crippen LogP contribution is 2.36. The van der Waals surface area contributed by atoms with Crippen molar-refractivity contribution in [3.63, 3.8) is 0 Å². The molecule has 9 heavy (non-hydrogen) atoms. The SMILES string of the molecule is CN1CCC2CCCC21. The molecule has 0 aromatic carbocycles. The average Bonchev–Trinajstić information content (AvgIpc) is 2.35. The summed E-state index contributed by atoms with van der Waals surface area (Å²) in [6.45, 7) is 1.36. The summed E-state index contributed by atoms with van der Waals surface area (Å²) in [5.74, 6) is 1.08. The lowest BCUT2D eigenvalue weighted by molar-refractivity contribution is 0.294. The minimum Gasteiger partial charge on any atom is -0.303 e. The van der Waals surface area contributed by atoms with Gasteiger partial charge in [0.2, 0.25) is 0 Å². The second-order valence-electron chi connectivity index (χ2n) is 3.53. The summed E-state index contributed by atoms with van der Waals surface area (Å²) in [5, 5.41) is 0. The van der Waals surface area contributed by atoms with Crippen molar-refractivity contribution in [3.05, 3.63) is 0 Å². The Kier molecular flexibility index (Phi) is 1.26. The van der Waals surface area contributed by atoms with Crippen LogP contribution >= 0.6 is 0 Å². The third kappa shape index (κ3) is 0.787. The number of rotatable bonds is 0. The van der Waals surface area contributed by atoms with Gasteiger partial charge in [0.05, 0.1) is 0 Å². The molecule has 1 aliphatic carbocycles. The summed E-state index contributed by atoms with van der Waals surface area (Å²) in [6.07, 6.45) is 5.94. The van der Waals surface area contributed by atoms with Gasteiger partial charge in [-0.1, -0.05) is 6.42 Å². The smallest absolute Gasteiger partial charge is 0.0121 e. The zero-order valence-corrected chi connectivity index (χ0v) is 6.14. The maximum absolute atomic E-state index is 2.54. The summed E-state index contributed by atoms with van der Waals surface area (Å²) >= 11 is 0. The van der Waals surface area contributed by atoms with Gasteiger partial charge in [-0.2, -0.15) is 0 Å². The Balaban J connectivity index is 2.07. The Morgan fingerprint density at radius 2 is 2.11 bits per heavy atom. The first-order chi connectivity index (χ1) is 4.38. The van der Waals surface area contributed by atoms with Crippen LogP contribution in [-0.4, -0.2) is 24.5 Å². The maximum atomic E-state index is 2.54. The van der Waals surface area contributed by atoms with E-state index in [1.165, 1.54) is 32.2 Å². The zero-order chi connectivity index (χ0) is 6.27. The molecule has 0 aromatic rings. The molecule has 1 saturated heterocycles. The van der Waals surface area contributed by atoms with Gasteiger partial charge < -0.3 is 4.90 Å². The van der Waals surface area contributed by atoms with E-state index in [0.717, 1.165) is 12.0 Å². The predicted octanol–water partition coefficient (Wildman–Crippen LogP) is 1.49. The molecular weight excluding hydrogens is 110 g/mol. The highest BCUT2D eigenvalue weighted by molar-refractivity contribution is 4.89. The molecule has 1 heterocycles. The Morgan fingerprint density at radius 3 is 2.89 bits per heavy atom. The van der Waals surface area contributed by atoms with E-state index in [-0.39, 0.29) is 0 Å². The van der Waals surface area contributed by atoms with Gasteiger partial charge in [-0.15, -0.1) is 0 Å². The van der Waals surface area contributed by atoms with E-state index in [9.17, 15) is 0 Å². The van der Waals surface area contributed by atoms with Gasteiger partial charge in [-0.05, 0) is 38.8 Å². The van der Waals surface area contributed by atoms with Crippen molar-refractivity contribution >= 4 is 0 Å². The molecule has 0 radical (unpaired) electrons. The molecule has 2 rings (SSSR count). The summed E-state index contributed by atoms with van der Waals surface area (Å²) in [5.41, 5.74) is 0. The first-order valence-electron chi connectivity index (χ1n) is 4.08. The van der Waals surface area contributed by atoms with E-state index < -0.39 is 0 Å². The van der Waals surface area contributed by atoms with Crippen LogP contribution in [0, 0.1) is 5.92 Å². The van der Waals surface area contributed by atoms with Crippen LogP contribution < -0.4 is 0 Å². The topological polar surface area (TPSA) is 3.24 Å². The largest absolute Gasteiger partial charge is 0.303 e. The normalized spacial score (nSPS) is 43.7. The van der Waals surface area contributed by atoms with Gasteiger partial charge in [0.1, 0.15) is 0 Å². The van der Waals surface area contributed by atoms with Crippen LogP contribution in [0.3, 0.4) is 0 Å². The summed E-state index contributed by atoms with van der Waals surface area (Å²) in [7, 11) is 2.27. The first-order valence-corrected chi connectivity index (χ1v) is 4.08. The lowest BCUT2D eigenvalue weighted by atomic mass is 10.1. The van der Waals surface area contributed by atoms with Crippen LogP contribution in [0.15, 0.2) is 0 Å². The van der Waals surface area contributed by atoms with Gasteiger partial charge in [0.15, 0.2) is 0 Å². The van der Waals surface area contributed by atoms with E-state index in [2.05, 4.69) is 11.9 Å². The second kappa shape index (κ2) is 1.98. The molecule has 1 aliphatic heterocycles. The molecule has 1 nitrogen and oxygen atoms in total. The maximum Gasteiger partial charge on any atom is 0.0121 e. The molecule has 2 fully saturated rings. The quantitative estimate of drug-likeness (QED) is 0.474. The lowest BCUT2D eigenvalue weighted by Crippen LogP contribution is -2.25. The predicted molar refractivity (Wildman–Crippen MR) is 38.4 cm³/mol. The third-order valence-electron chi connectivity index (χ3n) is 3.04. The molecule has 0 spiro atoms. The number of hydrogen-bond acceptors (Lipinski definition) is 1. The number of nitrogens with zero attached hydrogens (tertiary/aromatic N) is 1. The monoisotopic (exact) mass is 125 g/mol. The van der Waals surface area contributed by atoms with E-state index in [1.54, 1.807) is 0 Å². The Morgan fingerprint density at radius 1 is 1.22 bits per heavy atom. The highest BCUT2D eigenvalue weighted by atomic mass is 15.2. The standard InChI is InChI=1S/C8H15N/c1-9-6-5-7-3-2-4-8(7)9/h7-8H,2-6H2,1H3. The van der Waals surface area contributed by atoms with Crippen LogP contribution in [-0.2, 0) is 0 Å². The van der Waals surface area contributed by atoms with Gasteiger partial charge in [-0.3, -0.25) is 0 Å². The molecule has 0 bridgehead atoms. The van der Waals surface area contributed by atoms with Crippen molar-refractivity contribution in [1.29, 1.82) is 0 Å². The van der Waals surface area contributed by atoms with Gasteiger partial charge in [-0.25, -0.2) is 0 Å². The molecule has 2 atom stereocenters. The summed E-state index contributed by atoms with van der Waals surface area (Å²) in [6, 6.07) is 0.977. The molecule has 2 aliphatic rings. The summed E-state index contributed by atoms with van der Waals surface area (Å²) in [4.78, 5) is 2.54. The van der Waals surface area contributed by atoms with Gasteiger partial charge in [0.25, 0.3) is 0 Å². The van der Waals surface area contributed by atoms with Crippen molar-refractivity contribution in [2.45, 2.75) is 31.7 Å². The fourth-order valence-corrected chi connectivity index (χ4v) is 2.47. The first kappa shape index (κ1) is 5.72. The van der Waals surface area contributed by atoms with Crippen molar-refractivity contribution in [2.24, 2.45) is 5.92 Å². The third-order valence-corrected chi connectivity index (χ3v) is 3.04. The molecule has 1 saturated carbocycles. The van der Waals surface area contributed by atoms with Crippen molar-refractivity contribution in [1.82, 2.24) is 4.90 Å². The number of fused-ring (bicyclic) bond motifs is 1. The fourth-order valence-electron chi connectivity index (χ4n) is 2.47. The zero-order valence-electron chi connectivity index (χ0n) is 6.14. The highest BCUT2D eigenvalue weighted by Gasteiger charge is 2.34. The van der Waals surface area contributed by atoms with E-state index >= 15 is 0 Å². The minimum absolute atomic E-state index is 0.977. The lowest BCUT2D eigenvalue weighted by Gasteiger charge is -2.16. The molecular formula is C8H15N. The van der Waals surface area contributed by atoms with Gasteiger partial charge in [0, 0.05) is 6.04 Å². The number of likely N-dealkylation sites (tertiary alicyclic amines) is 1. The van der Waals surface area contributed by atoms with Gasteiger partial charge >= 0.3 is 0 Å². The van der Waals surface area contributed by atoms with E-state index in [4.69, 9.17) is 0 Å². The molecule has 1 heteroatoms. The molecule has 0 amide bonds. The molecule has 2 unspecified atom stereocenters. The Bertz CT molecular complexity index is 111. The van der Waals surface area contributed by atoms with E-state index in [0.29, 0.717) is 0 Å². The Labute approximate surface area is 57.0 Å². The Hall–Kier alpha value is -0.0400. The van der Waals surface area contributed by atoms with Crippen LogP contribution in [0.5, 0.6) is 0 Å². The molecule has 52 valence electrons. The average molecular weight is 125 g/mol. The second-order valence-corrected chi connectivity index (χ2v) is 3.53. The minimum atomic E-state index is 0.977. The van der Waals surface area contributed by atoms with Crippen LogP contribution in [0.4, 0.5) is 0 Å². The van der Waals surface area contributed by atoms with Crippen molar-refractivity contribution in [3.8, 4) is 0 Å². The van der Waals surface area contributed by atoms with Crippen LogP contribution in [0.1, 0.15) is 25.7 Å². The van der Waals surface area contributed by atoms with Crippen molar-refractivity contribution < 1.29 is 0 Å². The van der Waals surface area contributed by atoms with E-state index in [1.807, 2.05) is 0 Å². The molecule has 0 N–H and O–H groups in total.